The number of carbonyl (C=O) groups is 1. The second kappa shape index (κ2) is 4.59. The van der Waals surface area contributed by atoms with Crippen LogP contribution in [-0.2, 0) is 0 Å². The predicted molar refractivity (Wildman–Crippen MR) is 48.3 cm³/mol. The standard InChI is InChI=1S/C8H14N4O/c1-3-4-5-12(2)8(13)7-9-6-10-11-7/h6H,3-5H2,1-2H3,(H,9,10,11). The number of aromatic nitrogens is 3. The number of nitrogens with one attached hydrogen (secondary N) is 1. The lowest BCUT2D eigenvalue weighted by molar-refractivity contribution is 0.0782. The number of aromatic amines is 1. The molecule has 1 heterocycles. The molecule has 0 aliphatic carbocycles. The molecule has 5 heteroatoms. The summed E-state index contributed by atoms with van der Waals surface area (Å²) in [5, 5.41) is 6.16. The molecular formula is C8H14N4O. The first-order chi connectivity index (χ1) is 6.25. The second-order valence-electron chi connectivity index (χ2n) is 2.91. The number of hydrogen-bond acceptors (Lipinski definition) is 3. The average Bonchev–Trinajstić information content (AvgIpc) is 2.65. The Hall–Kier alpha value is -1.39. The van der Waals surface area contributed by atoms with Gasteiger partial charge in [0.1, 0.15) is 6.33 Å². The molecule has 0 unspecified atom stereocenters. The molecule has 1 amide bonds. The lowest BCUT2D eigenvalue weighted by Gasteiger charge is -2.14. The maximum atomic E-state index is 11.5. The quantitative estimate of drug-likeness (QED) is 0.744. The van der Waals surface area contributed by atoms with Gasteiger partial charge >= 0.3 is 0 Å². The molecule has 0 saturated carbocycles. The first-order valence-corrected chi connectivity index (χ1v) is 4.36. The van der Waals surface area contributed by atoms with Crippen molar-refractivity contribution in [1.29, 1.82) is 0 Å². The fraction of sp³-hybridized carbons (Fsp3) is 0.625. The summed E-state index contributed by atoms with van der Waals surface area (Å²) in [7, 11) is 1.76. The van der Waals surface area contributed by atoms with Gasteiger partial charge in [0.05, 0.1) is 0 Å². The summed E-state index contributed by atoms with van der Waals surface area (Å²) < 4.78 is 0. The zero-order valence-corrected chi connectivity index (χ0v) is 7.95. The summed E-state index contributed by atoms with van der Waals surface area (Å²) in [6.45, 7) is 2.85. The third-order valence-electron chi connectivity index (χ3n) is 1.81. The van der Waals surface area contributed by atoms with Gasteiger partial charge in [0, 0.05) is 13.6 Å². The highest BCUT2D eigenvalue weighted by molar-refractivity contribution is 5.90. The van der Waals surface area contributed by atoms with Crippen LogP contribution in [0.25, 0.3) is 0 Å². The van der Waals surface area contributed by atoms with Crippen molar-refractivity contribution in [3.8, 4) is 0 Å². The minimum atomic E-state index is -0.106. The molecule has 0 atom stereocenters. The van der Waals surface area contributed by atoms with Crippen LogP contribution in [0.3, 0.4) is 0 Å². The summed E-state index contributed by atoms with van der Waals surface area (Å²) in [6, 6.07) is 0. The van der Waals surface area contributed by atoms with Gasteiger partial charge in [0.2, 0.25) is 5.82 Å². The SMILES string of the molecule is CCCCN(C)C(=O)c1ncn[nH]1. The minimum absolute atomic E-state index is 0.106. The Morgan fingerprint density at radius 2 is 2.46 bits per heavy atom. The molecule has 1 aromatic heterocycles. The molecule has 1 aromatic rings. The second-order valence-corrected chi connectivity index (χ2v) is 2.91. The number of H-pyrrole nitrogens is 1. The number of hydrogen-bond donors (Lipinski definition) is 1. The molecule has 5 nitrogen and oxygen atoms in total. The fourth-order valence-electron chi connectivity index (χ4n) is 0.986. The highest BCUT2D eigenvalue weighted by Crippen LogP contribution is 1.97. The van der Waals surface area contributed by atoms with Crippen molar-refractivity contribution < 1.29 is 4.79 Å². The number of carbonyl (C=O) groups excluding carboxylic acids is 1. The van der Waals surface area contributed by atoms with Crippen LogP contribution in [0.1, 0.15) is 30.4 Å². The van der Waals surface area contributed by atoms with Crippen molar-refractivity contribution >= 4 is 5.91 Å². The van der Waals surface area contributed by atoms with Gasteiger partial charge in [0.15, 0.2) is 0 Å². The lowest BCUT2D eigenvalue weighted by atomic mass is 10.3. The molecule has 1 N–H and O–H groups in total. The molecule has 1 rings (SSSR count). The van der Waals surface area contributed by atoms with Crippen LogP contribution in [0, 0.1) is 0 Å². The Bertz CT molecular complexity index is 257. The third-order valence-corrected chi connectivity index (χ3v) is 1.81. The molecule has 0 saturated heterocycles. The van der Waals surface area contributed by atoms with Gasteiger partial charge in [0.25, 0.3) is 5.91 Å². The third kappa shape index (κ3) is 2.54. The van der Waals surface area contributed by atoms with Gasteiger partial charge < -0.3 is 4.90 Å². The molecule has 13 heavy (non-hydrogen) atoms. The number of amides is 1. The predicted octanol–water partition coefficient (Wildman–Crippen LogP) is 0.677. The van der Waals surface area contributed by atoms with Crippen LogP contribution in [0.5, 0.6) is 0 Å². The Balaban J connectivity index is 2.48. The van der Waals surface area contributed by atoms with Crippen molar-refractivity contribution in [2.75, 3.05) is 13.6 Å². The molecule has 0 aromatic carbocycles. The first kappa shape index (κ1) is 9.70. The summed E-state index contributed by atoms with van der Waals surface area (Å²) in [6.07, 6.45) is 3.42. The van der Waals surface area contributed by atoms with Crippen molar-refractivity contribution in [2.45, 2.75) is 19.8 Å². The zero-order chi connectivity index (χ0) is 9.68. The van der Waals surface area contributed by atoms with Crippen molar-refractivity contribution in [3.63, 3.8) is 0 Å². The number of rotatable bonds is 4. The van der Waals surface area contributed by atoms with Gasteiger partial charge in [-0.2, -0.15) is 5.10 Å². The molecule has 0 bridgehead atoms. The van der Waals surface area contributed by atoms with E-state index in [1.54, 1.807) is 11.9 Å². The molecule has 0 aliphatic heterocycles. The summed E-state index contributed by atoms with van der Waals surface area (Å²) >= 11 is 0. The van der Waals surface area contributed by atoms with E-state index in [-0.39, 0.29) is 5.91 Å². The topological polar surface area (TPSA) is 61.9 Å². The molecule has 72 valence electrons. The van der Waals surface area contributed by atoms with E-state index in [1.165, 1.54) is 6.33 Å². The Morgan fingerprint density at radius 3 is 3.00 bits per heavy atom. The van der Waals surface area contributed by atoms with E-state index in [0.29, 0.717) is 5.82 Å². The molecule has 0 fully saturated rings. The monoisotopic (exact) mass is 182 g/mol. The summed E-state index contributed by atoms with van der Waals surface area (Å²) in [4.78, 5) is 16.9. The van der Waals surface area contributed by atoms with Crippen molar-refractivity contribution in [3.05, 3.63) is 12.2 Å². The minimum Gasteiger partial charge on any atom is -0.339 e. The van der Waals surface area contributed by atoms with Crippen LogP contribution in [0.15, 0.2) is 6.33 Å². The molecule has 0 radical (unpaired) electrons. The van der Waals surface area contributed by atoms with Crippen LogP contribution in [0.4, 0.5) is 0 Å². The van der Waals surface area contributed by atoms with E-state index < -0.39 is 0 Å². The van der Waals surface area contributed by atoms with E-state index in [2.05, 4.69) is 22.1 Å². The summed E-state index contributed by atoms with van der Waals surface area (Å²) in [5.41, 5.74) is 0. The Labute approximate surface area is 77.2 Å². The van der Waals surface area contributed by atoms with Gasteiger partial charge in [-0.1, -0.05) is 13.3 Å². The molecule has 0 aliphatic rings. The Kier molecular flexibility index (Phi) is 3.42. The maximum absolute atomic E-state index is 11.5. The van der Waals surface area contributed by atoms with Crippen molar-refractivity contribution in [2.24, 2.45) is 0 Å². The first-order valence-electron chi connectivity index (χ1n) is 4.36. The highest BCUT2D eigenvalue weighted by atomic mass is 16.2. The Morgan fingerprint density at radius 1 is 1.69 bits per heavy atom. The normalized spacial score (nSPS) is 10.0. The fourth-order valence-corrected chi connectivity index (χ4v) is 0.986. The van der Waals surface area contributed by atoms with Gasteiger partial charge in [-0.3, -0.25) is 9.89 Å². The smallest absolute Gasteiger partial charge is 0.290 e. The van der Waals surface area contributed by atoms with E-state index in [0.717, 1.165) is 19.4 Å². The molecule has 0 spiro atoms. The van der Waals surface area contributed by atoms with Gasteiger partial charge in [-0.05, 0) is 6.42 Å². The highest BCUT2D eigenvalue weighted by Gasteiger charge is 2.12. The van der Waals surface area contributed by atoms with Crippen LogP contribution in [-0.4, -0.2) is 39.6 Å². The van der Waals surface area contributed by atoms with E-state index in [1.807, 2.05) is 0 Å². The van der Waals surface area contributed by atoms with Crippen LogP contribution >= 0.6 is 0 Å². The van der Waals surface area contributed by atoms with Gasteiger partial charge in [-0.25, -0.2) is 4.98 Å². The van der Waals surface area contributed by atoms with E-state index >= 15 is 0 Å². The summed E-state index contributed by atoms with van der Waals surface area (Å²) in [5.74, 6) is 0.199. The van der Waals surface area contributed by atoms with E-state index in [9.17, 15) is 4.79 Å². The van der Waals surface area contributed by atoms with Gasteiger partial charge in [-0.15, -0.1) is 0 Å². The number of unbranched alkanes of at least 4 members (excludes halogenated alkanes) is 1. The lowest BCUT2D eigenvalue weighted by Crippen LogP contribution is -2.28. The van der Waals surface area contributed by atoms with Crippen LogP contribution in [0.2, 0.25) is 0 Å². The van der Waals surface area contributed by atoms with Crippen LogP contribution < -0.4 is 0 Å². The van der Waals surface area contributed by atoms with Crippen molar-refractivity contribution in [1.82, 2.24) is 20.1 Å². The average molecular weight is 182 g/mol. The van der Waals surface area contributed by atoms with E-state index in [4.69, 9.17) is 0 Å². The largest absolute Gasteiger partial charge is 0.339 e. The number of nitrogens with zero attached hydrogens (tertiary/aromatic N) is 3. The molecular weight excluding hydrogens is 168 g/mol. The zero-order valence-electron chi connectivity index (χ0n) is 7.95. The maximum Gasteiger partial charge on any atom is 0.290 e.